The number of rotatable bonds is 4. The normalized spacial score (nSPS) is 15.2. The number of hydrogen-bond acceptors (Lipinski definition) is 5. The summed E-state index contributed by atoms with van der Waals surface area (Å²) >= 11 is 0. The highest BCUT2D eigenvalue weighted by molar-refractivity contribution is 5.38. The van der Waals surface area contributed by atoms with Gasteiger partial charge in [-0.25, -0.2) is 4.98 Å². The summed E-state index contributed by atoms with van der Waals surface area (Å²) in [6, 6.07) is 4.64. The van der Waals surface area contributed by atoms with E-state index in [-0.39, 0.29) is 11.6 Å². The summed E-state index contributed by atoms with van der Waals surface area (Å²) in [5, 5.41) is 7.96. The van der Waals surface area contributed by atoms with E-state index in [2.05, 4.69) is 15.6 Å². The second-order valence-electron chi connectivity index (χ2n) is 6.74. The van der Waals surface area contributed by atoms with Gasteiger partial charge in [0, 0.05) is 33.6 Å². The fraction of sp³-hybridized carbons (Fsp3) is 0.444. The van der Waals surface area contributed by atoms with Crippen LogP contribution in [0.1, 0.15) is 35.3 Å². The van der Waals surface area contributed by atoms with Gasteiger partial charge in [-0.1, -0.05) is 12.1 Å². The van der Waals surface area contributed by atoms with Crippen LogP contribution in [0.25, 0.3) is 0 Å². The van der Waals surface area contributed by atoms with E-state index >= 15 is 0 Å². The van der Waals surface area contributed by atoms with Crippen molar-refractivity contribution >= 4 is 5.95 Å². The zero-order chi connectivity index (χ0) is 19.8. The minimum Gasteiger partial charge on any atom is -0.348 e. The molecule has 1 aromatic heterocycles. The Labute approximate surface area is 155 Å². The summed E-state index contributed by atoms with van der Waals surface area (Å²) in [6.45, 7) is 3.04. The van der Waals surface area contributed by atoms with Gasteiger partial charge < -0.3 is 15.6 Å². The molecular formula is C18H22F3N5O. The van der Waals surface area contributed by atoms with Gasteiger partial charge in [0.2, 0.25) is 5.95 Å². The first kappa shape index (κ1) is 19.2. The molecule has 0 spiro atoms. The molecule has 2 aromatic rings. The number of alkyl halides is 3. The number of halogens is 3. The summed E-state index contributed by atoms with van der Waals surface area (Å²) in [5.74, 6) is 0.373. The van der Waals surface area contributed by atoms with Gasteiger partial charge in [0.25, 0.3) is 5.56 Å². The maximum atomic E-state index is 12.8. The Balaban J connectivity index is 1.92. The third kappa shape index (κ3) is 3.92. The minimum atomic E-state index is -4.37. The van der Waals surface area contributed by atoms with Crippen LogP contribution in [0.2, 0.25) is 0 Å². The van der Waals surface area contributed by atoms with Crippen LogP contribution in [0.5, 0.6) is 0 Å². The van der Waals surface area contributed by atoms with Crippen molar-refractivity contribution in [3.05, 3.63) is 57.0 Å². The molecule has 146 valence electrons. The summed E-state index contributed by atoms with van der Waals surface area (Å²) in [6.07, 6.45) is -3.71. The van der Waals surface area contributed by atoms with E-state index in [1.807, 2.05) is 6.92 Å². The second kappa shape index (κ2) is 7.22. The fourth-order valence-electron chi connectivity index (χ4n) is 3.10. The van der Waals surface area contributed by atoms with Gasteiger partial charge in [-0.2, -0.15) is 17.8 Å². The second-order valence-corrected chi connectivity index (χ2v) is 6.74. The predicted octanol–water partition coefficient (Wildman–Crippen LogP) is 2.28. The number of hydrogen-bond donors (Lipinski definition) is 2. The lowest BCUT2D eigenvalue weighted by Crippen LogP contribution is -2.43. The highest BCUT2D eigenvalue weighted by Gasteiger charge is 2.30. The molecule has 0 amide bonds. The van der Waals surface area contributed by atoms with E-state index < -0.39 is 11.7 Å². The number of nitrogens with zero attached hydrogens (tertiary/aromatic N) is 3. The first-order valence-electron chi connectivity index (χ1n) is 8.65. The number of nitrogens with one attached hydrogen (secondary N) is 2. The molecule has 1 aromatic carbocycles. The average Bonchev–Trinajstić information content (AvgIpc) is 2.61. The number of anilines is 1. The van der Waals surface area contributed by atoms with E-state index in [0.717, 1.165) is 24.4 Å². The lowest BCUT2D eigenvalue weighted by atomic mass is 10.1. The maximum Gasteiger partial charge on any atom is 0.416 e. The standard InChI is InChI=1S/C18H22F3N5O/c1-11(12-4-6-13(7-5-12)18(19,20)21)23-17-24-15-8-9-22-10-14(15)16(27)26(17)25(2)3/h4-7,11,22H,8-10H2,1-3H3,(H,23,24). The quantitative estimate of drug-likeness (QED) is 0.851. The lowest BCUT2D eigenvalue weighted by molar-refractivity contribution is -0.137. The van der Waals surface area contributed by atoms with E-state index in [0.29, 0.717) is 30.0 Å². The molecule has 0 fully saturated rings. The van der Waals surface area contributed by atoms with Crippen LogP contribution >= 0.6 is 0 Å². The van der Waals surface area contributed by atoms with Crippen LogP contribution in [0.4, 0.5) is 19.1 Å². The van der Waals surface area contributed by atoms with E-state index in [1.165, 1.54) is 16.8 Å². The molecule has 0 saturated carbocycles. The van der Waals surface area contributed by atoms with Crippen molar-refractivity contribution in [1.82, 2.24) is 15.0 Å². The molecule has 9 heteroatoms. The third-order valence-corrected chi connectivity index (χ3v) is 4.56. The van der Waals surface area contributed by atoms with Crippen molar-refractivity contribution in [2.24, 2.45) is 0 Å². The van der Waals surface area contributed by atoms with Gasteiger partial charge in [-0.3, -0.25) is 4.79 Å². The highest BCUT2D eigenvalue weighted by atomic mass is 19.4. The Kier molecular flexibility index (Phi) is 5.14. The summed E-state index contributed by atoms with van der Waals surface area (Å²) in [5.41, 5.74) is 1.21. The van der Waals surface area contributed by atoms with Crippen molar-refractivity contribution < 1.29 is 13.2 Å². The number of fused-ring (bicyclic) bond motifs is 1. The largest absolute Gasteiger partial charge is 0.416 e. The molecule has 0 saturated heterocycles. The van der Waals surface area contributed by atoms with E-state index in [4.69, 9.17) is 0 Å². The average molecular weight is 381 g/mol. The topological polar surface area (TPSA) is 62.2 Å². The van der Waals surface area contributed by atoms with Gasteiger partial charge in [0.1, 0.15) is 0 Å². The third-order valence-electron chi connectivity index (χ3n) is 4.56. The zero-order valence-corrected chi connectivity index (χ0v) is 15.4. The monoisotopic (exact) mass is 381 g/mol. The molecule has 6 nitrogen and oxygen atoms in total. The first-order chi connectivity index (χ1) is 12.7. The molecule has 0 bridgehead atoms. The predicted molar refractivity (Wildman–Crippen MR) is 97.5 cm³/mol. The van der Waals surface area contributed by atoms with Crippen molar-refractivity contribution in [2.45, 2.75) is 32.1 Å². The van der Waals surface area contributed by atoms with Crippen LogP contribution in [-0.2, 0) is 19.1 Å². The minimum absolute atomic E-state index is 0.153. The van der Waals surface area contributed by atoms with Gasteiger partial charge >= 0.3 is 6.18 Å². The van der Waals surface area contributed by atoms with E-state index in [9.17, 15) is 18.0 Å². The molecule has 0 aliphatic carbocycles. The number of benzene rings is 1. The van der Waals surface area contributed by atoms with Crippen LogP contribution < -0.4 is 21.2 Å². The Morgan fingerprint density at radius 3 is 2.52 bits per heavy atom. The Bertz CT molecular complexity index is 874. The smallest absolute Gasteiger partial charge is 0.348 e. The van der Waals surface area contributed by atoms with Gasteiger partial charge in [0.05, 0.1) is 22.9 Å². The molecule has 1 aliphatic rings. The van der Waals surface area contributed by atoms with Crippen LogP contribution in [0, 0.1) is 0 Å². The Morgan fingerprint density at radius 2 is 1.93 bits per heavy atom. The molecule has 1 unspecified atom stereocenters. The molecule has 0 radical (unpaired) electrons. The summed E-state index contributed by atoms with van der Waals surface area (Å²) in [7, 11) is 3.47. The maximum absolute atomic E-state index is 12.8. The van der Waals surface area contributed by atoms with Crippen molar-refractivity contribution in [1.29, 1.82) is 0 Å². The zero-order valence-electron chi connectivity index (χ0n) is 15.4. The summed E-state index contributed by atoms with van der Waals surface area (Å²) in [4.78, 5) is 17.4. The molecule has 27 heavy (non-hydrogen) atoms. The lowest BCUT2D eigenvalue weighted by Gasteiger charge is -2.26. The Morgan fingerprint density at radius 1 is 1.26 bits per heavy atom. The molecule has 2 heterocycles. The van der Waals surface area contributed by atoms with Crippen molar-refractivity contribution in [3.63, 3.8) is 0 Å². The fourth-order valence-corrected chi connectivity index (χ4v) is 3.10. The highest BCUT2D eigenvalue weighted by Crippen LogP contribution is 2.30. The number of aromatic nitrogens is 2. The molecule has 1 aliphatic heterocycles. The SMILES string of the molecule is CC(Nc1nc2c(c(=O)n1N(C)C)CNCC2)c1ccc(C(F)(F)F)cc1. The van der Waals surface area contributed by atoms with Crippen LogP contribution in [0.15, 0.2) is 29.1 Å². The van der Waals surface area contributed by atoms with Gasteiger partial charge in [-0.05, 0) is 24.6 Å². The van der Waals surface area contributed by atoms with Crippen LogP contribution in [-0.4, -0.2) is 30.3 Å². The first-order valence-corrected chi connectivity index (χ1v) is 8.65. The molecule has 2 N–H and O–H groups in total. The van der Waals surface area contributed by atoms with Gasteiger partial charge in [0.15, 0.2) is 0 Å². The molecular weight excluding hydrogens is 359 g/mol. The van der Waals surface area contributed by atoms with Crippen molar-refractivity contribution in [2.75, 3.05) is 31.0 Å². The molecule has 3 rings (SSSR count). The van der Waals surface area contributed by atoms with Crippen molar-refractivity contribution in [3.8, 4) is 0 Å². The van der Waals surface area contributed by atoms with Gasteiger partial charge in [-0.15, -0.1) is 0 Å². The van der Waals surface area contributed by atoms with E-state index in [1.54, 1.807) is 19.1 Å². The summed E-state index contributed by atoms with van der Waals surface area (Å²) < 4.78 is 39.7. The molecule has 1 atom stereocenters. The van der Waals surface area contributed by atoms with Crippen LogP contribution in [0.3, 0.4) is 0 Å². The Hall–Kier alpha value is -2.55.